The van der Waals surface area contributed by atoms with Crippen LogP contribution in [0.2, 0.25) is 0 Å². The Morgan fingerprint density at radius 1 is 1.43 bits per heavy atom. The van der Waals surface area contributed by atoms with Crippen molar-refractivity contribution in [2.24, 2.45) is 0 Å². The van der Waals surface area contributed by atoms with E-state index in [1.807, 2.05) is 6.92 Å². The van der Waals surface area contributed by atoms with Crippen LogP contribution >= 0.6 is 0 Å². The van der Waals surface area contributed by atoms with Crippen molar-refractivity contribution in [1.82, 2.24) is 9.62 Å². The number of piperazine rings is 1. The molecule has 0 aliphatic carbocycles. The molecule has 21 heavy (non-hydrogen) atoms. The third-order valence-corrected chi connectivity index (χ3v) is 5.67. The summed E-state index contributed by atoms with van der Waals surface area (Å²) in [4.78, 5) is 11.8. The van der Waals surface area contributed by atoms with Gasteiger partial charge in [-0.15, -0.1) is 0 Å². The van der Waals surface area contributed by atoms with Gasteiger partial charge in [-0.1, -0.05) is 6.07 Å². The number of nitrogens with one attached hydrogen (secondary N) is 1. The first-order valence-electron chi connectivity index (χ1n) is 6.79. The minimum Gasteiger partial charge on any atom is -0.465 e. The molecule has 2 rings (SSSR count). The lowest BCUT2D eigenvalue weighted by Gasteiger charge is -2.32. The first kappa shape index (κ1) is 15.9. The Morgan fingerprint density at radius 2 is 2.14 bits per heavy atom. The molecule has 116 valence electrons. The molecular weight excluding hydrogens is 292 g/mol. The zero-order valence-electron chi connectivity index (χ0n) is 12.4. The van der Waals surface area contributed by atoms with Crippen LogP contribution in [0, 0.1) is 6.92 Å². The lowest BCUT2D eigenvalue weighted by atomic mass is 10.1. The highest BCUT2D eigenvalue weighted by atomic mass is 32.2. The minimum absolute atomic E-state index is 0.119. The maximum atomic E-state index is 12.7. The second kappa shape index (κ2) is 6.13. The van der Waals surface area contributed by atoms with Gasteiger partial charge in [0.1, 0.15) is 0 Å². The van der Waals surface area contributed by atoms with Crippen LogP contribution < -0.4 is 5.32 Å². The second-order valence-electron chi connectivity index (χ2n) is 5.14. The van der Waals surface area contributed by atoms with Crippen LogP contribution in [0.3, 0.4) is 0 Å². The van der Waals surface area contributed by atoms with Crippen LogP contribution in [0.15, 0.2) is 23.1 Å². The largest absolute Gasteiger partial charge is 0.465 e. The standard InChI is InChI=1S/C14H20N2O4S/c1-10-4-5-12(8-13(10)14(17)20-3)21(18,19)16-7-6-15-9-11(16)2/h4-5,8,11,15H,6-7,9H2,1-3H3/t11-/m1/s1. The van der Waals surface area contributed by atoms with Crippen molar-refractivity contribution < 1.29 is 17.9 Å². The van der Waals surface area contributed by atoms with Gasteiger partial charge >= 0.3 is 5.97 Å². The predicted octanol–water partition coefficient (Wildman–Crippen LogP) is 0.764. The van der Waals surface area contributed by atoms with Gasteiger partial charge in [-0.25, -0.2) is 13.2 Å². The number of carbonyl (C=O) groups excluding carboxylic acids is 1. The SMILES string of the molecule is COC(=O)c1cc(S(=O)(=O)N2CCNC[C@H]2C)ccc1C. The van der Waals surface area contributed by atoms with Gasteiger partial charge in [0.15, 0.2) is 0 Å². The number of methoxy groups -OCH3 is 1. The maximum Gasteiger partial charge on any atom is 0.338 e. The molecule has 7 heteroatoms. The Bertz CT molecular complexity index is 642. The summed E-state index contributed by atoms with van der Waals surface area (Å²) < 4.78 is 31.6. The summed E-state index contributed by atoms with van der Waals surface area (Å²) in [5.41, 5.74) is 0.968. The Morgan fingerprint density at radius 3 is 2.76 bits per heavy atom. The van der Waals surface area contributed by atoms with E-state index in [0.29, 0.717) is 25.2 Å². The smallest absolute Gasteiger partial charge is 0.338 e. The molecule has 1 atom stereocenters. The number of nitrogens with zero attached hydrogens (tertiary/aromatic N) is 1. The molecular formula is C14H20N2O4S. The monoisotopic (exact) mass is 312 g/mol. The molecule has 0 radical (unpaired) electrons. The molecule has 0 saturated carbocycles. The van der Waals surface area contributed by atoms with E-state index in [4.69, 9.17) is 4.74 Å². The molecule has 1 heterocycles. The van der Waals surface area contributed by atoms with Crippen LogP contribution in [0.4, 0.5) is 0 Å². The molecule has 0 unspecified atom stereocenters. The highest BCUT2D eigenvalue weighted by Crippen LogP contribution is 2.22. The Kier molecular flexibility index (Phi) is 4.65. The number of hydrogen-bond donors (Lipinski definition) is 1. The van der Waals surface area contributed by atoms with E-state index in [1.54, 1.807) is 13.0 Å². The highest BCUT2D eigenvalue weighted by molar-refractivity contribution is 7.89. The Labute approximate surface area is 125 Å². The molecule has 1 saturated heterocycles. The number of hydrogen-bond acceptors (Lipinski definition) is 5. The normalized spacial score (nSPS) is 20.2. The van der Waals surface area contributed by atoms with Crippen LogP contribution in [0.25, 0.3) is 0 Å². The number of benzene rings is 1. The summed E-state index contributed by atoms with van der Waals surface area (Å²) in [6.07, 6.45) is 0. The Balaban J connectivity index is 2.43. The molecule has 0 amide bonds. The molecule has 1 aliphatic heterocycles. The van der Waals surface area contributed by atoms with Crippen molar-refractivity contribution in [3.05, 3.63) is 29.3 Å². The van der Waals surface area contributed by atoms with Gasteiger partial charge < -0.3 is 10.1 Å². The lowest BCUT2D eigenvalue weighted by molar-refractivity contribution is 0.0599. The summed E-state index contributed by atoms with van der Waals surface area (Å²) in [5, 5.41) is 3.16. The summed E-state index contributed by atoms with van der Waals surface area (Å²) in [6, 6.07) is 4.44. The summed E-state index contributed by atoms with van der Waals surface area (Å²) >= 11 is 0. The Hall–Kier alpha value is -1.44. The fourth-order valence-corrected chi connectivity index (χ4v) is 4.06. The molecule has 1 N–H and O–H groups in total. The first-order chi connectivity index (χ1) is 9.87. The van der Waals surface area contributed by atoms with Crippen molar-refractivity contribution in [2.75, 3.05) is 26.7 Å². The first-order valence-corrected chi connectivity index (χ1v) is 8.23. The van der Waals surface area contributed by atoms with Gasteiger partial charge in [-0.3, -0.25) is 0 Å². The van der Waals surface area contributed by atoms with E-state index in [9.17, 15) is 13.2 Å². The molecule has 0 bridgehead atoms. The predicted molar refractivity (Wildman–Crippen MR) is 78.7 cm³/mol. The van der Waals surface area contributed by atoms with E-state index < -0.39 is 16.0 Å². The van der Waals surface area contributed by atoms with Gasteiger partial charge in [0.05, 0.1) is 17.6 Å². The maximum absolute atomic E-state index is 12.7. The van der Waals surface area contributed by atoms with Crippen molar-refractivity contribution in [1.29, 1.82) is 0 Å². The molecule has 1 fully saturated rings. The number of esters is 1. The van der Waals surface area contributed by atoms with Crippen LogP contribution in [0.5, 0.6) is 0 Å². The summed E-state index contributed by atoms with van der Waals surface area (Å²) in [6.45, 7) is 5.27. The van der Waals surface area contributed by atoms with Crippen LogP contribution in [-0.4, -0.2) is 51.5 Å². The van der Waals surface area contributed by atoms with Gasteiger partial charge in [-0.2, -0.15) is 4.31 Å². The van der Waals surface area contributed by atoms with Gasteiger partial charge in [0.25, 0.3) is 0 Å². The third kappa shape index (κ3) is 3.09. The van der Waals surface area contributed by atoms with E-state index in [2.05, 4.69) is 5.32 Å². The number of ether oxygens (including phenoxy) is 1. The van der Waals surface area contributed by atoms with Crippen molar-refractivity contribution in [3.8, 4) is 0 Å². The fraction of sp³-hybridized carbons (Fsp3) is 0.500. The topological polar surface area (TPSA) is 75.7 Å². The average Bonchev–Trinajstić information content (AvgIpc) is 2.47. The van der Waals surface area contributed by atoms with E-state index >= 15 is 0 Å². The van der Waals surface area contributed by atoms with Gasteiger partial charge in [-0.05, 0) is 31.5 Å². The van der Waals surface area contributed by atoms with E-state index in [-0.39, 0.29) is 16.5 Å². The number of carbonyl (C=O) groups is 1. The summed E-state index contributed by atoms with van der Waals surface area (Å²) in [7, 11) is -2.33. The van der Waals surface area contributed by atoms with Crippen LogP contribution in [0.1, 0.15) is 22.8 Å². The van der Waals surface area contributed by atoms with Crippen LogP contribution in [-0.2, 0) is 14.8 Å². The van der Waals surface area contributed by atoms with Gasteiger partial charge in [0.2, 0.25) is 10.0 Å². The van der Waals surface area contributed by atoms with Crippen molar-refractivity contribution in [2.45, 2.75) is 24.8 Å². The zero-order chi connectivity index (χ0) is 15.6. The molecule has 6 nitrogen and oxygen atoms in total. The van der Waals surface area contributed by atoms with Crippen molar-refractivity contribution in [3.63, 3.8) is 0 Å². The fourth-order valence-electron chi connectivity index (χ4n) is 2.41. The molecule has 0 aromatic heterocycles. The summed E-state index contributed by atoms with van der Waals surface area (Å²) in [5.74, 6) is -0.530. The lowest BCUT2D eigenvalue weighted by Crippen LogP contribution is -2.52. The highest BCUT2D eigenvalue weighted by Gasteiger charge is 2.31. The number of sulfonamides is 1. The molecule has 0 spiro atoms. The number of rotatable bonds is 3. The second-order valence-corrected chi connectivity index (χ2v) is 7.03. The molecule has 1 aliphatic rings. The van der Waals surface area contributed by atoms with Crippen molar-refractivity contribution >= 4 is 16.0 Å². The molecule has 1 aromatic rings. The number of aryl methyl sites for hydroxylation is 1. The minimum atomic E-state index is -3.61. The van der Waals surface area contributed by atoms with Gasteiger partial charge in [0, 0.05) is 25.7 Å². The van der Waals surface area contributed by atoms with E-state index in [0.717, 1.165) is 0 Å². The average molecular weight is 312 g/mol. The third-order valence-electron chi connectivity index (χ3n) is 3.66. The van der Waals surface area contributed by atoms with E-state index in [1.165, 1.54) is 23.5 Å². The quantitative estimate of drug-likeness (QED) is 0.834. The zero-order valence-corrected chi connectivity index (χ0v) is 13.2. The molecule has 1 aromatic carbocycles.